The van der Waals surface area contributed by atoms with E-state index in [0.29, 0.717) is 10.0 Å². The standard InChI is InChI=1S/C12H11Cl2NS/c1-8(9-2-3-16-7-9)15-12-5-10(13)4-11(14)6-12/h2-8,15H,1H3. The monoisotopic (exact) mass is 271 g/mol. The number of hydrogen-bond donors (Lipinski definition) is 1. The van der Waals surface area contributed by atoms with Crippen molar-refractivity contribution >= 4 is 40.2 Å². The summed E-state index contributed by atoms with van der Waals surface area (Å²) in [6, 6.07) is 7.82. The molecule has 1 N–H and O–H groups in total. The van der Waals surface area contributed by atoms with Crippen molar-refractivity contribution in [2.75, 3.05) is 5.32 Å². The van der Waals surface area contributed by atoms with E-state index >= 15 is 0 Å². The highest BCUT2D eigenvalue weighted by molar-refractivity contribution is 7.08. The first-order valence-corrected chi connectivity index (χ1v) is 6.60. The van der Waals surface area contributed by atoms with Gasteiger partial charge in [-0.3, -0.25) is 0 Å². The molecule has 84 valence electrons. The zero-order valence-electron chi connectivity index (χ0n) is 8.71. The Morgan fingerprint density at radius 1 is 1.19 bits per heavy atom. The summed E-state index contributed by atoms with van der Waals surface area (Å²) >= 11 is 13.6. The maximum atomic E-state index is 5.94. The summed E-state index contributed by atoms with van der Waals surface area (Å²) in [5.74, 6) is 0. The number of thiophene rings is 1. The van der Waals surface area contributed by atoms with Gasteiger partial charge in [-0.15, -0.1) is 0 Å². The molecule has 0 aliphatic carbocycles. The van der Waals surface area contributed by atoms with Gasteiger partial charge in [0.05, 0.1) is 0 Å². The summed E-state index contributed by atoms with van der Waals surface area (Å²) in [4.78, 5) is 0. The van der Waals surface area contributed by atoms with E-state index in [1.54, 1.807) is 17.4 Å². The minimum absolute atomic E-state index is 0.251. The van der Waals surface area contributed by atoms with Gasteiger partial charge < -0.3 is 5.32 Å². The van der Waals surface area contributed by atoms with Crippen LogP contribution in [0.3, 0.4) is 0 Å². The minimum atomic E-state index is 0.251. The van der Waals surface area contributed by atoms with Gasteiger partial charge in [-0.05, 0) is 47.5 Å². The quantitative estimate of drug-likeness (QED) is 0.806. The molecule has 1 aromatic carbocycles. The van der Waals surface area contributed by atoms with E-state index in [0.717, 1.165) is 5.69 Å². The zero-order chi connectivity index (χ0) is 11.5. The maximum absolute atomic E-state index is 5.94. The van der Waals surface area contributed by atoms with Crippen molar-refractivity contribution in [3.05, 3.63) is 50.6 Å². The Labute approximate surface area is 109 Å². The number of rotatable bonds is 3. The largest absolute Gasteiger partial charge is 0.378 e. The van der Waals surface area contributed by atoms with Crippen molar-refractivity contribution in [2.45, 2.75) is 13.0 Å². The molecular formula is C12H11Cl2NS. The Balaban J connectivity index is 2.15. The minimum Gasteiger partial charge on any atom is -0.378 e. The van der Waals surface area contributed by atoms with Crippen LogP contribution in [0.5, 0.6) is 0 Å². The second-order valence-corrected chi connectivity index (χ2v) is 5.23. The van der Waals surface area contributed by atoms with Crippen LogP contribution < -0.4 is 5.32 Å². The van der Waals surface area contributed by atoms with Gasteiger partial charge in [0.15, 0.2) is 0 Å². The summed E-state index contributed by atoms with van der Waals surface area (Å²) in [7, 11) is 0. The lowest BCUT2D eigenvalue weighted by Gasteiger charge is -2.14. The number of anilines is 1. The molecule has 0 aliphatic rings. The average Bonchev–Trinajstić information content (AvgIpc) is 2.68. The highest BCUT2D eigenvalue weighted by atomic mass is 35.5. The summed E-state index contributed by atoms with van der Waals surface area (Å²) in [6.45, 7) is 2.11. The van der Waals surface area contributed by atoms with Gasteiger partial charge >= 0.3 is 0 Å². The predicted octanol–water partition coefficient (Wildman–Crippen LogP) is 5.23. The van der Waals surface area contributed by atoms with Crippen molar-refractivity contribution in [2.24, 2.45) is 0 Å². The van der Waals surface area contributed by atoms with Crippen LogP contribution in [0.2, 0.25) is 10.0 Å². The molecular weight excluding hydrogens is 261 g/mol. The molecule has 0 bridgehead atoms. The van der Waals surface area contributed by atoms with Gasteiger partial charge in [0, 0.05) is 21.8 Å². The van der Waals surface area contributed by atoms with Crippen LogP contribution in [0.4, 0.5) is 5.69 Å². The molecule has 1 atom stereocenters. The Kier molecular flexibility index (Phi) is 3.74. The Morgan fingerprint density at radius 3 is 2.44 bits per heavy atom. The van der Waals surface area contributed by atoms with Crippen molar-refractivity contribution in [3.63, 3.8) is 0 Å². The third-order valence-electron chi connectivity index (χ3n) is 2.29. The molecule has 0 spiro atoms. The topological polar surface area (TPSA) is 12.0 Å². The smallest absolute Gasteiger partial charge is 0.0493 e. The van der Waals surface area contributed by atoms with Gasteiger partial charge in [0.25, 0.3) is 0 Å². The molecule has 0 radical (unpaired) electrons. The molecule has 2 aromatic rings. The van der Waals surface area contributed by atoms with Gasteiger partial charge in [-0.1, -0.05) is 23.2 Å². The number of hydrogen-bond acceptors (Lipinski definition) is 2. The Morgan fingerprint density at radius 2 is 1.88 bits per heavy atom. The van der Waals surface area contributed by atoms with Crippen LogP contribution in [0, 0.1) is 0 Å². The fourth-order valence-electron chi connectivity index (χ4n) is 1.49. The predicted molar refractivity (Wildman–Crippen MR) is 72.8 cm³/mol. The van der Waals surface area contributed by atoms with Gasteiger partial charge in [0.2, 0.25) is 0 Å². The molecule has 16 heavy (non-hydrogen) atoms. The molecule has 0 saturated heterocycles. The van der Waals surface area contributed by atoms with Crippen molar-refractivity contribution in [1.29, 1.82) is 0 Å². The lowest BCUT2D eigenvalue weighted by atomic mass is 10.1. The third-order valence-corrected chi connectivity index (χ3v) is 3.43. The molecule has 1 aromatic heterocycles. The number of halogens is 2. The molecule has 0 amide bonds. The molecule has 0 aliphatic heterocycles. The molecule has 2 rings (SSSR count). The molecule has 0 saturated carbocycles. The zero-order valence-corrected chi connectivity index (χ0v) is 11.0. The van der Waals surface area contributed by atoms with E-state index < -0.39 is 0 Å². The molecule has 1 nitrogen and oxygen atoms in total. The van der Waals surface area contributed by atoms with E-state index in [9.17, 15) is 0 Å². The van der Waals surface area contributed by atoms with Crippen molar-refractivity contribution in [3.8, 4) is 0 Å². The highest BCUT2D eigenvalue weighted by Crippen LogP contribution is 2.26. The number of nitrogens with one attached hydrogen (secondary N) is 1. The fraction of sp³-hybridized carbons (Fsp3) is 0.167. The Hall–Kier alpha value is -0.700. The van der Waals surface area contributed by atoms with Crippen LogP contribution in [-0.2, 0) is 0 Å². The average molecular weight is 272 g/mol. The van der Waals surface area contributed by atoms with E-state index in [-0.39, 0.29) is 6.04 Å². The fourth-order valence-corrected chi connectivity index (χ4v) is 2.77. The number of benzene rings is 1. The van der Waals surface area contributed by atoms with E-state index in [1.165, 1.54) is 5.56 Å². The van der Waals surface area contributed by atoms with E-state index in [1.807, 2.05) is 12.1 Å². The maximum Gasteiger partial charge on any atom is 0.0493 e. The van der Waals surface area contributed by atoms with E-state index in [2.05, 4.69) is 29.1 Å². The molecule has 1 heterocycles. The van der Waals surface area contributed by atoms with Crippen molar-refractivity contribution in [1.82, 2.24) is 0 Å². The normalized spacial score (nSPS) is 12.4. The third kappa shape index (κ3) is 2.91. The molecule has 4 heteroatoms. The lowest BCUT2D eigenvalue weighted by Crippen LogP contribution is -2.05. The van der Waals surface area contributed by atoms with E-state index in [4.69, 9.17) is 23.2 Å². The first kappa shape index (κ1) is 11.8. The molecule has 1 unspecified atom stereocenters. The van der Waals surface area contributed by atoms with Crippen LogP contribution in [0.15, 0.2) is 35.0 Å². The van der Waals surface area contributed by atoms with Crippen molar-refractivity contribution < 1.29 is 0 Å². The van der Waals surface area contributed by atoms with Crippen LogP contribution >= 0.6 is 34.5 Å². The highest BCUT2D eigenvalue weighted by Gasteiger charge is 2.06. The van der Waals surface area contributed by atoms with Crippen LogP contribution in [0.1, 0.15) is 18.5 Å². The molecule has 0 fully saturated rings. The lowest BCUT2D eigenvalue weighted by molar-refractivity contribution is 0.891. The van der Waals surface area contributed by atoms with Gasteiger partial charge in [-0.2, -0.15) is 11.3 Å². The van der Waals surface area contributed by atoms with Gasteiger partial charge in [-0.25, -0.2) is 0 Å². The summed E-state index contributed by atoms with van der Waals surface area (Å²) < 4.78 is 0. The second-order valence-electron chi connectivity index (χ2n) is 3.58. The summed E-state index contributed by atoms with van der Waals surface area (Å²) in [6.07, 6.45) is 0. The summed E-state index contributed by atoms with van der Waals surface area (Å²) in [5.41, 5.74) is 2.21. The second kappa shape index (κ2) is 5.09. The first-order valence-electron chi connectivity index (χ1n) is 4.90. The SMILES string of the molecule is CC(Nc1cc(Cl)cc(Cl)c1)c1ccsc1. The summed E-state index contributed by atoms with van der Waals surface area (Å²) in [5, 5.41) is 8.85. The van der Waals surface area contributed by atoms with Crippen LogP contribution in [0.25, 0.3) is 0 Å². The van der Waals surface area contributed by atoms with Crippen LogP contribution in [-0.4, -0.2) is 0 Å². The van der Waals surface area contributed by atoms with Gasteiger partial charge in [0.1, 0.15) is 0 Å². The first-order chi connectivity index (χ1) is 7.65. The Bertz CT molecular complexity index is 448.